The summed E-state index contributed by atoms with van der Waals surface area (Å²) in [5, 5.41) is 7.46. The molecule has 0 radical (unpaired) electrons. The molecule has 9 heteroatoms. The van der Waals surface area contributed by atoms with E-state index in [-0.39, 0.29) is 49.2 Å². The van der Waals surface area contributed by atoms with E-state index in [1.165, 1.54) is 0 Å². The van der Waals surface area contributed by atoms with Gasteiger partial charge in [0.25, 0.3) is 0 Å². The van der Waals surface area contributed by atoms with Crippen LogP contribution in [0.2, 0.25) is 0 Å². The Balaban J connectivity index is 0.00000156. The Bertz CT molecular complexity index is 607. The molecule has 0 bridgehead atoms. The van der Waals surface area contributed by atoms with E-state index in [0.29, 0.717) is 13.1 Å². The van der Waals surface area contributed by atoms with Crippen LogP contribution in [0.3, 0.4) is 0 Å². The van der Waals surface area contributed by atoms with Gasteiger partial charge in [-0.1, -0.05) is 0 Å². The van der Waals surface area contributed by atoms with Gasteiger partial charge in [-0.2, -0.15) is 5.10 Å². The average molecular weight is 392 g/mol. The summed E-state index contributed by atoms with van der Waals surface area (Å²) < 4.78 is 1.76. The lowest BCUT2D eigenvalue weighted by Crippen LogP contribution is -2.57. The molecule has 3 heterocycles. The first kappa shape index (κ1) is 21.7. The second kappa shape index (κ2) is 9.40. The molecule has 2 saturated heterocycles. The molecule has 1 aromatic rings. The Labute approximate surface area is 160 Å². The molecule has 1 aromatic heterocycles. The van der Waals surface area contributed by atoms with Crippen LogP contribution in [0.5, 0.6) is 0 Å². The van der Waals surface area contributed by atoms with Gasteiger partial charge in [0, 0.05) is 37.9 Å². The Kier molecular flexibility index (Phi) is 8.18. The van der Waals surface area contributed by atoms with Crippen molar-refractivity contribution in [3.63, 3.8) is 0 Å². The molecule has 142 valence electrons. The largest absolute Gasteiger partial charge is 0.339 e. The van der Waals surface area contributed by atoms with Crippen LogP contribution in [-0.4, -0.2) is 70.2 Å². The summed E-state index contributed by atoms with van der Waals surface area (Å²) in [6.07, 6.45) is 1.93. The molecule has 2 amide bonds. The summed E-state index contributed by atoms with van der Waals surface area (Å²) in [5.41, 5.74) is 1.93. The number of amides is 2. The summed E-state index contributed by atoms with van der Waals surface area (Å²) >= 11 is 0. The average Bonchev–Trinajstić information content (AvgIpc) is 2.85. The first-order valence-electron chi connectivity index (χ1n) is 8.33. The highest BCUT2D eigenvalue weighted by atomic mass is 35.5. The molecule has 2 fully saturated rings. The van der Waals surface area contributed by atoms with E-state index in [0.717, 1.165) is 43.9 Å². The third-order valence-corrected chi connectivity index (χ3v) is 4.70. The van der Waals surface area contributed by atoms with Crippen molar-refractivity contribution >= 4 is 36.6 Å². The van der Waals surface area contributed by atoms with Gasteiger partial charge in [0.2, 0.25) is 11.8 Å². The van der Waals surface area contributed by atoms with Crippen molar-refractivity contribution in [1.82, 2.24) is 24.9 Å². The Morgan fingerprint density at radius 2 is 2.08 bits per heavy atom. The van der Waals surface area contributed by atoms with E-state index < -0.39 is 0 Å². The molecule has 0 saturated carbocycles. The molecule has 1 atom stereocenters. The summed E-state index contributed by atoms with van der Waals surface area (Å²) in [6.45, 7) is 7.58. The molecule has 1 unspecified atom stereocenters. The van der Waals surface area contributed by atoms with Crippen molar-refractivity contribution in [2.75, 3.05) is 32.7 Å². The van der Waals surface area contributed by atoms with Crippen molar-refractivity contribution in [1.29, 1.82) is 0 Å². The highest BCUT2D eigenvalue weighted by Crippen LogP contribution is 2.17. The lowest BCUT2D eigenvalue weighted by atomic mass is 10.0. The maximum atomic E-state index is 12.6. The minimum atomic E-state index is 0. The first-order valence-corrected chi connectivity index (χ1v) is 8.33. The molecule has 25 heavy (non-hydrogen) atoms. The summed E-state index contributed by atoms with van der Waals surface area (Å²) in [7, 11) is 0. The normalized spacial score (nSPS) is 20.7. The summed E-state index contributed by atoms with van der Waals surface area (Å²) in [5.74, 6) is 0.234. The fourth-order valence-corrected chi connectivity index (χ4v) is 3.51. The second-order valence-corrected chi connectivity index (χ2v) is 6.48. The number of likely N-dealkylation sites (tertiary alicyclic amines) is 1. The number of nitrogens with zero attached hydrogens (tertiary/aromatic N) is 4. The van der Waals surface area contributed by atoms with Gasteiger partial charge in [0.05, 0.1) is 12.2 Å². The number of carbonyl (C=O) groups excluding carboxylic acids is 2. The van der Waals surface area contributed by atoms with Gasteiger partial charge >= 0.3 is 0 Å². The molecular formula is C16H27Cl2N5O2. The number of nitrogens with one attached hydrogen (secondary N) is 1. The van der Waals surface area contributed by atoms with E-state index in [1.807, 2.05) is 29.7 Å². The Morgan fingerprint density at radius 3 is 2.72 bits per heavy atom. The fraction of sp³-hybridized carbons (Fsp3) is 0.688. The highest BCUT2D eigenvalue weighted by Gasteiger charge is 2.31. The van der Waals surface area contributed by atoms with Crippen molar-refractivity contribution in [3.05, 3.63) is 17.5 Å². The number of halogens is 2. The van der Waals surface area contributed by atoms with Gasteiger partial charge in [0.15, 0.2) is 0 Å². The van der Waals surface area contributed by atoms with Crippen LogP contribution in [0.1, 0.15) is 24.2 Å². The van der Waals surface area contributed by atoms with E-state index in [2.05, 4.69) is 10.4 Å². The van der Waals surface area contributed by atoms with E-state index in [4.69, 9.17) is 0 Å². The van der Waals surface area contributed by atoms with Crippen molar-refractivity contribution in [2.45, 2.75) is 39.3 Å². The van der Waals surface area contributed by atoms with Gasteiger partial charge < -0.3 is 15.1 Å². The zero-order valence-corrected chi connectivity index (χ0v) is 16.4. The van der Waals surface area contributed by atoms with E-state index in [1.54, 1.807) is 4.68 Å². The summed E-state index contributed by atoms with van der Waals surface area (Å²) in [4.78, 5) is 28.5. The maximum absolute atomic E-state index is 12.6. The van der Waals surface area contributed by atoms with E-state index in [9.17, 15) is 9.59 Å². The van der Waals surface area contributed by atoms with Crippen LogP contribution in [0, 0.1) is 13.8 Å². The zero-order chi connectivity index (χ0) is 16.4. The Hall–Kier alpha value is -1.31. The molecule has 2 aliphatic rings. The van der Waals surface area contributed by atoms with Gasteiger partial charge in [-0.25, -0.2) is 0 Å². The standard InChI is InChI=1S/C16H25N5O2.2ClH/c1-12-8-13(2)21(18-12)11-16(23)19-6-3-4-14(10-19)20-7-5-17-9-15(20)22;;/h8,14,17H,3-7,9-11H2,1-2H3;2*1H. The van der Waals surface area contributed by atoms with Gasteiger partial charge in [0.1, 0.15) is 6.54 Å². The predicted molar refractivity (Wildman–Crippen MR) is 100 cm³/mol. The third kappa shape index (κ3) is 5.09. The number of aryl methyl sites for hydroxylation is 2. The molecule has 0 spiro atoms. The summed E-state index contributed by atoms with van der Waals surface area (Å²) in [6, 6.07) is 2.13. The predicted octanol–water partition coefficient (Wildman–Crippen LogP) is 0.766. The van der Waals surface area contributed by atoms with Crippen LogP contribution in [0.4, 0.5) is 0 Å². The monoisotopic (exact) mass is 391 g/mol. The van der Waals surface area contributed by atoms with Crippen LogP contribution in [0.25, 0.3) is 0 Å². The van der Waals surface area contributed by atoms with Gasteiger partial charge in [-0.3, -0.25) is 14.3 Å². The molecular weight excluding hydrogens is 365 g/mol. The SMILES string of the molecule is Cc1cc(C)n(CC(=O)N2CCCC(N3CCNCC3=O)C2)n1.Cl.Cl. The van der Waals surface area contributed by atoms with Crippen LogP contribution >= 0.6 is 24.8 Å². The van der Waals surface area contributed by atoms with Crippen molar-refractivity contribution < 1.29 is 9.59 Å². The van der Waals surface area contributed by atoms with Gasteiger partial charge in [-0.05, 0) is 32.8 Å². The van der Waals surface area contributed by atoms with Crippen LogP contribution in [-0.2, 0) is 16.1 Å². The molecule has 0 aliphatic carbocycles. The van der Waals surface area contributed by atoms with Crippen LogP contribution in [0.15, 0.2) is 6.07 Å². The number of piperidine rings is 1. The number of carbonyl (C=O) groups is 2. The number of hydrogen-bond donors (Lipinski definition) is 1. The van der Waals surface area contributed by atoms with E-state index >= 15 is 0 Å². The molecule has 1 N–H and O–H groups in total. The topological polar surface area (TPSA) is 70.5 Å². The molecule has 2 aliphatic heterocycles. The lowest BCUT2D eigenvalue weighted by molar-refractivity contribution is -0.140. The number of aromatic nitrogens is 2. The maximum Gasteiger partial charge on any atom is 0.244 e. The lowest BCUT2D eigenvalue weighted by Gasteiger charge is -2.41. The van der Waals surface area contributed by atoms with Crippen molar-refractivity contribution in [2.24, 2.45) is 0 Å². The smallest absolute Gasteiger partial charge is 0.244 e. The minimum Gasteiger partial charge on any atom is -0.339 e. The quantitative estimate of drug-likeness (QED) is 0.825. The number of rotatable bonds is 3. The molecule has 3 rings (SSSR count). The third-order valence-electron chi connectivity index (χ3n) is 4.70. The number of hydrogen-bond acceptors (Lipinski definition) is 4. The Morgan fingerprint density at radius 1 is 1.32 bits per heavy atom. The van der Waals surface area contributed by atoms with Gasteiger partial charge in [-0.15, -0.1) is 24.8 Å². The minimum absolute atomic E-state index is 0. The second-order valence-electron chi connectivity index (χ2n) is 6.48. The first-order chi connectivity index (χ1) is 11.0. The number of piperazine rings is 1. The van der Waals surface area contributed by atoms with Crippen LogP contribution < -0.4 is 5.32 Å². The fourth-order valence-electron chi connectivity index (χ4n) is 3.51. The van der Waals surface area contributed by atoms with Crippen molar-refractivity contribution in [3.8, 4) is 0 Å². The molecule has 0 aromatic carbocycles. The molecule has 7 nitrogen and oxygen atoms in total. The highest BCUT2D eigenvalue weighted by molar-refractivity contribution is 5.85. The zero-order valence-electron chi connectivity index (χ0n) is 14.7.